The van der Waals surface area contributed by atoms with Crippen LogP contribution in [-0.2, 0) is 4.65 Å². The Balaban J connectivity index is 2.20. The maximum absolute atomic E-state index is 6.20. The Kier molecular flexibility index (Phi) is 2.98. The molecule has 0 aliphatic carbocycles. The molecule has 1 fully saturated rings. The zero-order valence-electron chi connectivity index (χ0n) is 11.5. The van der Waals surface area contributed by atoms with Crippen LogP contribution in [0.5, 0.6) is 0 Å². The number of rotatable bonds is 2. The zero-order valence-corrected chi connectivity index (χ0v) is 11.5. The molecular weight excluding hydrogens is 209 g/mol. The number of anilines is 1. The Morgan fingerprint density at radius 1 is 1.12 bits per heavy atom. The molecule has 0 atom stereocenters. The molecule has 1 N–H and O–H groups in total. The van der Waals surface area contributed by atoms with Crippen molar-refractivity contribution in [2.75, 3.05) is 12.4 Å². The number of hydrogen-bond donors (Lipinski definition) is 1. The third kappa shape index (κ3) is 2.21. The van der Waals surface area contributed by atoms with Gasteiger partial charge >= 0.3 is 6.92 Å². The topological polar surface area (TPSA) is 21.3 Å². The normalized spacial score (nSPS) is 21.6. The molecule has 1 aliphatic heterocycles. The van der Waals surface area contributed by atoms with E-state index in [4.69, 9.17) is 4.65 Å². The Labute approximate surface area is 105 Å². The molecule has 92 valence electrons. The van der Waals surface area contributed by atoms with Crippen molar-refractivity contribution >= 4 is 18.1 Å². The minimum Gasteiger partial charge on any atom is -0.426 e. The van der Waals surface area contributed by atoms with Crippen molar-refractivity contribution in [3.05, 3.63) is 24.3 Å². The van der Waals surface area contributed by atoms with Crippen molar-refractivity contribution in [2.24, 2.45) is 5.41 Å². The van der Waals surface area contributed by atoms with Crippen molar-refractivity contribution < 1.29 is 4.65 Å². The van der Waals surface area contributed by atoms with Gasteiger partial charge in [0.15, 0.2) is 0 Å². The molecule has 1 aromatic carbocycles. The molecule has 0 unspecified atom stereocenters. The fraction of sp³-hybridized carbons (Fsp3) is 0.571. The van der Waals surface area contributed by atoms with Gasteiger partial charge in [-0.15, -0.1) is 0 Å². The monoisotopic (exact) mass is 231 g/mol. The lowest BCUT2D eigenvalue weighted by Gasteiger charge is -2.34. The largest absolute Gasteiger partial charge is 0.426 e. The first kappa shape index (κ1) is 12.5. The standard InChI is InChI=1S/C14H22BNO/c1-13(2)10-15(17-14(13,3)4)11-6-8-12(16-5)9-7-11/h6-9,16H,10H2,1-5H3. The molecule has 1 saturated heterocycles. The van der Waals surface area contributed by atoms with Crippen LogP contribution in [0.2, 0.25) is 6.32 Å². The van der Waals surface area contributed by atoms with Gasteiger partial charge < -0.3 is 9.97 Å². The second kappa shape index (κ2) is 4.06. The third-order valence-corrected chi connectivity index (χ3v) is 4.33. The van der Waals surface area contributed by atoms with Crippen LogP contribution in [0.15, 0.2) is 24.3 Å². The lowest BCUT2D eigenvalue weighted by molar-refractivity contribution is 0.0375. The Morgan fingerprint density at radius 2 is 1.71 bits per heavy atom. The lowest BCUT2D eigenvalue weighted by Crippen LogP contribution is -2.36. The highest BCUT2D eigenvalue weighted by Crippen LogP contribution is 2.44. The molecule has 0 aromatic heterocycles. The van der Waals surface area contributed by atoms with Gasteiger partial charge in [-0.1, -0.05) is 26.0 Å². The first-order chi connectivity index (χ1) is 7.86. The van der Waals surface area contributed by atoms with E-state index in [1.165, 1.54) is 5.46 Å². The highest BCUT2D eigenvalue weighted by atomic mass is 16.5. The van der Waals surface area contributed by atoms with E-state index in [2.05, 4.69) is 57.3 Å². The van der Waals surface area contributed by atoms with Crippen LogP contribution in [0.1, 0.15) is 27.7 Å². The molecule has 17 heavy (non-hydrogen) atoms. The lowest BCUT2D eigenvalue weighted by atomic mass is 9.54. The van der Waals surface area contributed by atoms with Gasteiger partial charge in [-0.05, 0) is 43.2 Å². The van der Waals surface area contributed by atoms with Gasteiger partial charge in [-0.3, -0.25) is 0 Å². The second-order valence-corrected chi connectivity index (χ2v) is 6.08. The van der Waals surface area contributed by atoms with Gasteiger partial charge in [-0.2, -0.15) is 0 Å². The summed E-state index contributed by atoms with van der Waals surface area (Å²) in [6.45, 7) is 9.18. The van der Waals surface area contributed by atoms with E-state index in [1.807, 2.05) is 7.05 Å². The molecule has 0 spiro atoms. The van der Waals surface area contributed by atoms with Gasteiger partial charge in [0, 0.05) is 12.7 Å². The Bertz CT molecular complexity index is 381. The second-order valence-electron chi connectivity index (χ2n) is 6.08. The summed E-state index contributed by atoms with van der Waals surface area (Å²) in [4.78, 5) is 0. The number of benzene rings is 1. The van der Waals surface area contributed by atoms with Crippen molar-refractivity contribution in [3.63, 3.8) is 0 Å². The van der Waals surface area contributed by atoms with E-state index < -0.39 is 0 Å². The number of hydrogen-bond acceptors (Lipinski definition) is 2. The summed E-state index contributed by atoms with van der Waals surface area (Å²) in [5.41, 5.74) is 2.59. The van der Waals surface area contributed by atoms with E-state index >= 15 is 0 Å². The summed E-state index contributed by atoms with van der Waals surface area (Å²) >= 11 is 0. The van der Waals surface area contributed by atoms with Gasteiger partial charge in [0.25, 0.3) is 0 Å². The van der Waals surface area contributed by atoms with E-state index in [-0.39, 0.29) is 17.9 Å². The van der Waals surface area contributed by atoms with Gasteiger partial charge in [0.05, 0.1) is 5.60 Å². The molecule has 1 aliphatic rings. The van der Waals surface area contributed by atoms with Gasteiger partial charge in [-0.25, -0.2) is 0 Å². The molecule has 2 rings (SSSR count). The summed E-state index contributed by atoms with van der Waals surface area (Å²) in [7, 11) is 1.94. The predicted octanol–water partition coefficient (Wildman–Crippen LogP) is 2.76. The molecule has 1 aromatic rings. The maximum atomic E-state index is 6.20. The van der Waals surface area contributed by atoms with E-state index in [0.29, 0.717) is 0 Å². The van der Waals surface area contributed by atoms with E-state index in [9.17, 15) is 0 Å². The summed E-state index contributed by atoms with van der Waals surface area (Å²) in [6.07, 6.45) is 1.08. The predicted molar refractivity (Wildman–Crippen MR) is 75.1 cm³/mol. The van der Waals surface area contributed by atoms with Crippen molar-refractivity contribution in [3.8, 4) is 0 Å². The number of nitrogens with one attached hydrogen (secondary N) is 1. The first-order valence-corrected chi connectivity index (χ1v) is 6.31. The fourth-order valence-electron chi connectivity index (χ4n) is 2.32. The van der Waals surface area contributed by atoms with Gasteiger partial charge in [0.2, 0.25) is 0 Å². The van der Waals surface area contributed by atoms with Crippen LogP contribution in [0.3, 0.4) is 0 Å². The quantitative estimate of drug-likeness (QED) is 0.790. The zero-order chi connectivity index (χ0) is 12.7. The molecule has 2 nitrogen and oxygen atoms in total. The van der Waals surface area contributed by atoms with Crippen LogP contribution in [0, 0.1) is 5.41 Å². The SMILES string of the molecule is CNc1ccc(B2CC(C)(C)C(C)(C)O2)cc1. The van der Waals surface area contributed by atoms with E-state index in [0.717, 1.165) is 12.0 Å². The van der Waals surface area contributed by atoms with E-state index in [1.54, 1.807) is 0 Å². The minimum absolute atomic E-state index is 0.0562. The molecule has 1 heterocycles. The highest BCUT2D eigenvalue weighted by Gasteiger charge is 2.49. The molecule has 0 radical (unpaired) electrons. The van der Waals surface area contributed by atoms with Crippen LogP contribution >= 0.6 is 0 Å². The minimum atomic E-state index is -0.0562. The van der Waals surface area contributed by atoms with Crippen molar-refractivity contribution in [2.45, 2.75) is 39.6 Å². The van der Waals surface area contributed by atoms with Crippen LogP contribution in [0.4, 0.5) is 5.69 Å². The summed E-state index contributed by atoms with van der Waals surface area (Å²) in [5.74, 6) is 0. The average molecular weight is 231 g/mol. The van der Waals surface area contributed by atoms with Crippen LogP contribution in [-0.4, -0.2) is 19.6 Å². The molecule has 0 amide bonds. The summed E-state index contributed by atoms with van der Waals surface area (Å²) in [6, 6.07) is 8.54. The average Bonchev–Trinajstić information content (AvgIpc) is 2.48. The first-order valence-electron chi connectivity index (χ1n) is 6.31. The molecule has 3 heteroatoms. The summed E-state index contributed by atoms with van der Waals surface area (Å²) < 4.78 is 6.20. The molecule has 0 saturated carbocycles. The van der Waals surface area contributed by atoms with Crippen molar-refractivity contribution in [1.29, 1.82) is 0 Å². The maximum Gasteiger partial charge on any atom is 0.327 e. The Hall–Kier alpha value is -0.955. The smallest absolute Gasteiger partial charge is 0.327 e. The van der Waals surface area contributed by atoms with Gasteiger partial charge in [0.1, 0.15) is 0 Å². The molecular formula is C14H22BNO. The van der Waals surface area contributed by atoms with Crippen LogP contribution < -0.4 is 10.8 Å². The fourth-order valence-corrected chi connectivity index (χ4v) is 2.32. The highest BCUT2D eigenvalue weighted by molar-refractivity contribution is 6.68. The summed E-state index contributed by atoms with van der Waals surface area (Å²) in [5, 5.41) is 3.14. The molecule has 0 bridgehead atoms. The van der Waals surface area contributed by atoms with Crippen molar-refractivity contribution in [1.82, 2.24) is 0 Å². The third-order valence-electron chi connectivity index (χ3n) is 4.33. The Morgan fingerprint density at radius 3 is 2.12 bits per heavy atom. The van der Waals surface area contributed by atoms with Crippen LogP contribution in [0.25, 0.3) is 0 Å².